The van der Waals surface area contributed by atoms with Gasteiger partial charge in [0, 0.05) is 19.1 Å². The Morgan fingerprint density at radius 3 is 2.67 bits per heavy atom. The fourth-order valence-corrected chi connectivity index (χ4v) is 2.25. The number of nitrogens with zero attached hydrogens (tertiary/aromatic N) is 1. The van der Waals surface area contributed by atoms with Gasteiger partial charge in [-0.25, -0.2) is 4.39 Å². The molecule has 4 heteroatoms. The van der Waals surface area contributed by atoms with Gasteiger partial charge in [0.1, 0.15) is 5.82 Å². The number of amides is 1. The molecule has 0 heterocycles. The van der Waals surface area contributed by atoms with Crippen LogP contribution in [0.25, 0.3) is 0 Å². The first-order valence-corrected chi connectivity index (χ1v) is 6.45. The van der Waals surface area contributed by atoms with Gasteiger partial charge in [-0.05, 0) is 30.9 Å². The third kappa shape index (κ3) is 2.88. The third-order valence-corrected chi connectivity index (χ3v) is 3.51. The minimum absolute atomic E-state index is 0.0183. The largest absolute Gasteiger partial charge is 0.338 e. The van der Waals surface area contributed by atoms with Gasteiger partial charge in [-0.1, -0.05) is 18.2 Å². The number of halogens is 1. The van der Waals surface area contributed by atoms with Gasteiger partial charge in [0.2, 0.25) is 5.91 Å². The first-order chi connectivity index (χ1) is 8.72. The summed E-state index contributed by atoms with van der Waals surface area (Å²) < 4.78 is 13.5. The minimum Gasteiger partial charge on any atom is -0.338 e. The fourth-order valence-electron chi connectivity index (χ4n) is 2.25. The molecule has 98 valence electrons. The zero-order chi connectivity index (χ0) is 13.0. The van der Waals surface area contributed by atoms with Crippen LogP contribution in [0.5, 0.6) is 0 Å². The lowest BCUT2D eigenvalue weighted by Gasteiger charge is -2.37. The summed E-state index contributed by atoms with van der Waals surface area (Å²) in [5.41, 5.74) is 6.00. The molecule has 1 fully saturated rings. The van der Waals surface area contributed by atoms with Crippen LogP contribution in [0, 0.1) is 5.82 Å². The second-order valence-electron chi connectivity index (χ2n) is 4.73. The number of benzene rings is 1. The van der Waals surface area contributed by atoms with Crippen molar-refractivity contribution in [2.24, 2.45) is 5.73 Å². The fraction of sp³-hybridized carbons (Fsp3) is 0.500. The highest BCUT2D eigenvalue weighted by Crippen LogP contribution is 2.25. The van der Waals surface area contributed by atoms with E-state index in [1.165, 1.54) is 12.5 Å². The van der Waals surface area contributed by atoms with E-state index in [1.54, 1.807) is 18.2 Å². The second kappa shape index (κ2) is 5.96. The van der Waals surface area contributed by atoms with Gasteiger partial charge in [-0.2, -0.15) is 0 Å². The van der Waals surface area contributed by atoms with Gasteiger partial charge in [-0.3, -0.25) is 4.79 Å². The smallest absolute Gasteiger partial charge is 0.227 e. The molecule has 1 amide bonds. The summed E-state index contributed by atoms with van der Waals surface area (Å²) in [6.07, 6.45) is 3.38. The third-order valence-electron chi connectivity index (χ3n) is 3.51. The normalized spacial score (nSPS) is 15.2. The van der Waals surface area contributed by atoms with Crippen molar-refractivity contribution >= 4 is 5.91 Å². The van der Waals surface area contributed by atoms with Crippen molar-refractivity contribution in [2.45, 2.75) is 31.7 Å². The van der Waals surface area contributed by atoms with Crippen molar-refractivity contribution in [3.05, 3.63) is 35.6 Å². The zero-order valence-corrected chi connectivity index (χ0v) is 10.4. The molecular formula is C14H19FN2O. The zero-order valence-electron chi connectivity index (χ0n) is 10.4. The molecule has 0 aliphatic heterocycles. The molecule has 0 radical (unpaired) electrons. The average molecular weight is 250 g/mol. The summed E-state index contributed by atoms with van der Waals surface area (Å²) in [6.45, 7) is 1.03. The van der Waals surface area contributed by atoms with Crippen LogP contribution in [-0.4, -0.2) is 29.9 Å². The van der Waals surface area contributed by atoms with Crippen molar-refractivity contribution in [1.29, 1.82) is 0 Å². The Labute approximate surface area is 107 Å². The van der Waals surface area contributed by atoms with E-state index >= 15 is 0 Å². The van der Waals surface area contributed by atoms with E-state index in [4.69, 9.17) is 5.73 Å². The summed E-state index contributed by atoms with van der Waals surface area (Å²) in [4.78, 5) is 14.0. The Balaban J connectivity index is 2.02. The van der Waals surface area contributed by atoms with Gasteiger partial charge in [0.25, 0.3) is 0 Å². The van der Waals surface area contributed by atoms with E-state index in [1.807, 2.05) is 4.90 Å². The van der Waals surface area contributed by atoms with E-state index in [-0.39, 0.29) is 18.1 Å². The van der Waals surface area contributed by atoms with Gasteiger partial charge >= 0.3 is 0 Å². The van der Waals surface area contributed by atoms with E-state index < -0.39 is 0 Å². The van der Waals surface area contributed by atoms with Crippen molar-refractivity contribution in [3.63, 3.8) is 0 Å². The molecule has 18 heavy (non-hydrogen) atoms. The van der Waals surface area contributed by atoms with Crippen LogP contribution in [-0.2, 0) is 11.2 Å². The SMILES string of the molecule is NCCN(C(=O)Cc1ccccc1F)C1CCC1. The van der Waals surface area contributed by atoms with E-state index in [0.29, 0.717) is 24.7 Å². The number of nitrogens with two attached hydrogens (primary N) is 1. The predicted molar refractivity (Wildman–Crippen MR) is 68.5 cm³/mol. The molecule has 1 saturated carbocycles. The molecule has 3 nitrogen and oxygen atoms in total. The summed E-state index contributed by atoms with van der Waals surface area (Å²) >= 11 is 0. The molecule has 2 N–H and O–H groups in total. The molecule has 0 atom stereocenters. The molecule has 1 aromatic carbocycles. The number of rotatable bonds is 5. The summed E-state index contributed by atoms with van der Waals surface area (Å²) in [5.74, 6) is -0.331. The number of hydrogen-bond donors (Lipinski definition) is 1. The molecule has 0 bridgehead atoms. The van der Waals surface area contributed by atoms with Gasteiger partial charge in [-0.15, -0.1) is 0 Å². The molecule has 2 rings (SSSR count). The van der Waals surface area contributed by atoms with Crippen LogP contribution in [0.1, 0.15) is 24.8 Å². The Morgan fingerprint density at radius 1 is 1.39 bits per heavy atom. The number of carbonyl (C=O) groups is 1. The molecule has 0 saturated heterocycles. The van der Waals surface area contributed by atoms with Gasteiger partial charge < -0.3 is 10.6 Å². The lowest BCUT2D eigenvalue weighted by molar-refractivity contribution is -0.134. The number of carbonyl (C=O) groups excluding carboxylic acids is 1. The van der Waals surface area contributed by atoms with Crippen LogP contribution in [0.15, 0.2) is 24.3 Å². The van der Waals surface area contributed by atoms with E-state index in [9.17, 15) is 9.18 Å². The highest BCUT2D eigenvalue weighted by atomic mass is 19.1. The molecule has 1 aromatic rings. The maximum absolute atomic E-state index is 13.5. The molecule has 1 aliphatic rings. The summed E-state index contributed by atoms with van der Waals surface area (Å²) in [6, 6.07) is 6.75. The lowest BCUT2D eigenvalue weighted by atomic mass is 9.91. The van der Waals surface area contributed by atoms with E-state index in [0.717, 1.165) is 12.8 Å². The lowest BCUT2D eigenvalue weighted by Crippen LogP contribution is -2.47. The summed E-state index contributed by atoms with van der Waals surface area (Å²) in [7, 11) is 0. The average Bonchev–Trinajstić information content (AvgIpc) is 2.29. The van der Waals surface area contributed by atoms with Crippen molar-refractivity contribution < 1.29 is 9.18 Å². The van der Waals surface area contributed by atoms with Gasteiger partial charge in [0.05, 0.1) is 6.42 Å². The maximum Gasteiger partial charge on any atom is 0.227 e. The second-order valence-corrected chi connectivity index (χ2v) is 4.73. The monoisotopic (exact) mass is 250 g/mol. The highest BCUT2D eigenvalue weighted by molar-refractivity contribution is 5.79. The topological polar surface area (TPSA) is 46.3 Å². The van der Waals surface area contributed by atoms with Crippen LogP contribution in [0.3, 0.4) is 0 Å². The van der Waals surface area contributed by atoms with Crippen LogP contribution < -0.4 is 5.73 Å². The molecule has 0 spiro atoms. The van der Waals surface area contributed by atoms with Crippen molar-refractivity contribution in [3.8, 4) is 0 Å². The Morgan fingerprint density at radius 2 is 2.11 bits per heavy atom. The van der Waals surface area contributed by atoms with Crippen LogP contribution in [0.4, 0.5) is 4.39 Å². The number of hydrogen-bond acceptors (Lipinski definition) is 2. The summed E-state index contributed by atoms with van der Waals surface area (Å²) in [5, 5.41) is 0. The first kappa shape index (κ1) is 13.0. The van der Waals surface area contributed by atoms with Crippen LogP contribution in [0.2, 0.25) is 0 Å². The minimum atomic E-state index is -0.313. The highest BCUT2D eigenvalue weighted by Gasteiger charge is 2.28. The van der Waals surface area contributed by atoms with Crippen molar-refractivity contribution in [2.75, 3.05) is 13.1 Å². The van der Waals surface area contributed by atoms with Gasteiger partial charge in [0.15, 0.2) is 0 Å². The molecule has 0 unspecified atom stereocenters. The maximum atomic E-state index is 13.5. The molecular weight excluding hydrogens is 231 g/mol. The predicted octanol–water partition coefficient (Wildman–Crippen LogP) is 1.71. The molecule has 1 aliphatic carbocycles. The van der Waals surface area contributed by atoms with Crippen molar-refractivity contribution in [1.82, 2.24) is 4.90 Å². The van der Waals surface area contributed by atoms with E-state index in [2.05, 4.69) is 0 Å². The Kier molecular flexibility index (Phi) is 4.31. The molecule has 0 aromatic heterocycles. The standard InChI is InChI=1S/C14H19FN2O/c15-13-7-2-1-4-11(13)10-14(18)17(9-8-16)12-5-3-6-12/h1-2,4,7,12H,3,5-6,8-10,16H2. The quantitative estimate of drug-likeness (QED) is 0.864. The van der Waals surface area contributed by atoms with Crippen LogP contribution >= 0.6 is 0 Å². The Hall–Kier alpha value is -1.42. The Bertz CT molecular complexity index is 418. The first-order valence-electron chi connectivity index (χ1n) is 6.45.